The Hall–Kier alpha value is -4.02. The summed E-state index contributed by atoms with van der Waals surface area (Å²) in [6.07, 6.45) is 1.43. The van der Waals surface area contributed by atoms with Gasteiger partial charge in [0.05, 0.1) is 17.6 Å². The van der Waals surface area contributed by atoms with E-state index in [1.165, 1.54) is 0 Å². The summed E-state index contributed by atoms with van der Waals surface area (Å²) in [6, 6.07) is 23.0. The second kappa shape index (κ2) is 11.6. The molecule has 1 unspecified atom stereocenters. The van der Waals surface area contributed by atoms with Crippen LogP contribution in [0.3, 0.4) is 0 Å². The van der Waals surface area contributed by atoms with Gasteiger partial charge in [0, 0.05) is 48.5 Å². The minimum atomic E-state index is -3.44. The Morgan fingerprint density at radius 1 is 0.950 bits per heavy atom. The molecule has 0 spiro atoms. The lowest BCUT2D eigenvalue weighted by Gasteiger charge is -2.38. The Kier molecular flexibility index (Phi) is 7.99. The molecule has 1 saturated heterocycles. The first-order chi connectivity index (χ1) is 19.2. The Morgan fingerprint density at radius 3 is 2.33 bits per heavy atom. The number of halogens is 1. The standard InChI is InChI=1S/C29H30ClN5O4S/c1-40(38,39)33-24-8-4-5-9-27(24)34-14-16-35(17-15-34)29(37)26(18-20-10-12-22(30)13-11-20)32-28(36)25-19-21-6-2-3-7-23(21)31-25/h2-13,19,26,31,33H,14-18H2,1H3,(H,32,36). The number of benzene rings is 3. The van der Waals surface area contributed by atoms with Crippen molar-refractivity contribution in [2.24, 2.45) is 0 Å². The van der Waals surface area contributed by atoms with Gasteiger partial charge in [0.1, 0.15) is 11.7 Å². The molecule has 3 aromatic carbocycles. The molecule has 3 N–H and O–H groups in total. The van der Waals surface area contributed by atoms with Crippen molar-refractivity contribution in [3.63, 3.8) is 0 Å². The molecule has 0 bridgehead atoms. The van der Waals surface area contributed by atoms with Crippen molar-refractivity contribution in [2.45, 2.75) is 12.5 Å². The molecule has 2 heterocycles. The van der Waals surface area contributed by atoms with E-state index in [1.54, 1.807) is 35.2 Å². The fourth-order valence-electron chi connectivity index (χ4n) is 4.91. The fraction of sp³-hybridized carbons (Fsp3) is 0.241. The van der Waals surface area contributed by atoms with Gasteiger partial charge in [-0.3, -0.25) is 14.3 Å². The summed E-state index contributed by atoms with van der Waals surface area (Å²) in [5.41, 5.74) is 3.35. The minimum absolute atomic E-state index is 0.179. The van der Waals surface area contributed by atoms with E-state index in [0.29, 0.717) is 49.0 Å². The third kappa shape index (κ3) is 6.57. The van der Waals surface area contributed by atoms with Gasteiger partial charge in [0.2, 0.25) is 15.9 Å². The SMILES string of the molecule is CS(=O)(=O)Nc1ccccc1N1CCN(C(=O)C(Cc2ccc(Cl)cc2)NC(=O)c2cc3ccccc3[nH]2)CC1. The number of amides is 2. The zero-order chi connectivity index (χ0) is 28.3. The highest BCUT2D eigenvalue weighted by atomic mass is 35.5. The highest BCUT2D eigenvalue weighted by Gasteiger charge is 2.30. The smallest absolute Gasteiger partial charge is 0.268 e. The molecule has 1 aliphatic heterocycles. The molecule has 5 rings (SSSR count). The molecule has 1 fully saturated rings. The molecular formula is C29H30ClN5O4S. The monoisotopic (exact) mass is 579 g/mol. The van der Waals surface area contributed by atoms with Crippen LogP contribution in [0, 0.1) is 0 Å². The maximum atomic E-state index is 13.8. The van der Waals surface area contributed by atoms with Crippen molar-refractivity contribution in [1.82, 2.24) is 15.2 Å². The van der Waals surface area contributed by atoms with Crippen LogP contribution in [-0.4, -0.2) is 68.6 Å². The average Bonchev–Trinajstić information content (AvgIpc) is 3.38. The van der Waals surface area contributed by atoms with E-state index in [1.807, 2.05) is 48.5 Å². The van der Waals surface area contributed by atoms with Gasteiger partial charge in [-0.1, -0.05) is 54.1 Å². The van der Waals surface area contributed by atoms with Gasteiger partial charge >= 0.3 is 0 Å². The van der Waals surface area contributed by atoms with E-state index in [9.17, 15) is 18.0 Å². The first-order valence-electron chi connectivity index (χ1n) is 12.9. The largest absolute Gasteiger partial charge is 0.366 e. The number of fused-ring (bicyclic) bond motifs is 1. The topological polar surface area (TPSA) is 115 Å². The predicted molar refractivity (Wildman–Crippen MR) is 158 cm³/mol. The second-order valence-electron chi connectivity index (χ2n) is 9.83. The number of hydrogen-bond acceptors (Lipinski definition) is 5. The number of para-hydroxylation sites is 3. The Labute approximate surface area is 238 Å². The third-order valence-electron chi connectivity index (χ3n) is 6.86. The number of sulfonamides is 1. The normalized spacial score (nSPS) is 14.7. The summed E-state index contributed by atoms with van der Waals surface area (Å²) in [5.74, 6) is -0.537. The van der Waals surface area contributed by atoms with Gasteiger partial charge < -0.3 is 20.1 Å². The lowest BCUT2D eigenvalue weighted by molar-refractivity contribution is -0.133. The molecule has 40 heavy (non-hydrogen) atoms. The molecule has 0 aliphatic carbocycles. The second-order valence-corrected chi connectivity index (χ2v) is 12.0. The molecular weight excluding hydrogens is 550 g/mol. The molecule has 9 nitrogen and oxygen atoms in total. The number of rotatable bonds is 8. The Bertz CT molecular complexity index is 1600. The van der Waals surface area contributed by atoms with E-state index in [2.05, 4.69) is 19.9 Å². The van der Waals surface area contributed by atoms with Crippen LogP contribution in [0.5, 0.6) is 0 Å². The summed E-state index contributed by atoms with van der Waals surface area (Å²) < 4.78 is 26.2. The van der Waals surface area contributed by atoms with Crippen molar-refractivity contribution in [1.29, 1.82) is 0 Å². The highest BCUT2D eigenvalue weighted by molar-refractivity contribution is 7.92. The summed E-state index contributed by atoms with van der Waals surface area (Å²) in [6.45, 7) is 1.87. The van der Waals surface area contributed by atoms with Crippen LogP contribution in [0.25, 0.3) is 10.9 Å². The van der Waals surface area contributed by atoms with Crippen molar-refractivity contribution in [2.75, 3.05) is 42.1 Å². The number of hydrogen-bond donors (Lipinski definition) is 3. The molecule has 1 aromatic heterocycles. The average molecular weight is 580 g/mol. The van der Waals surface area contributed by atoms with Crippen LogP contribution in [0.15, 0.2) is 78.9 Å². The molecule has 1 aliphatic rings. The number of anilines is 2. The van der Waals surface area contributed by atoms with Crippen LogP contribution < -0.4 is 14.9 Å². The number of aromatic nitrogens is 1. The van der Waals surface area contributed by atoms with Crippen LogP contribution in [-0.2, 0) is 21.2 Å². The van der Waals surface area contributed by atoms with Crippen LogP contribution >= 0.6 is 11.6 Å². The van der Waals surface area contributed by atoms with E-state index in [0.717, 1.165) is 28.4 Å². The van der Waals surface area contributed by atoms with Crippen molar-refractivity contribution in [3.8, 4) is 0 Å². The lowest BCUT2D eigenvalue weighted by atomic mass is 10.0. The number of H-pyrrole nitrogens is 1. The van der Waals surface area contributed by atoms with Gasteiger partial charge in [0.15, 0.2) is 0 Å². The first kappa shape index (κ1) is 27.5. The lowest BCUT2D eigenvalue weighted by Crippen LogP contribution is -2.55. The number of aromatic amines is 1. The van der Waals surface area contributed by atoms with Crippen LogP contribution in [0.4, 0.5) is 11.4 Å². The molecule has 0 radical (unpaired) electrons. The van der Waals surface area contributed by atoms with Crippen molar-refractivity contribution in [3.05, 3.63) is 95.1 Å². The zero-order valence-corrected chi connectivity index (χ0v) is 23.5. The van der Waals surface area contributed by atoms with Gasteiger partial charge in [-0.2, -0.15) is 0 Å². The van der Waals surface area contributed by atoms with E-state index in [4.69, 9.17) is 11.6 Å². The van der Waals surface area contributed by atoms with Crippen LogP contribution in [0.1, 0.15) is 16.1 Å². The van der Waals surface area contributed by atoms with Gasteiger partial charge in [-0.15, -0.1) is 0 Å². The quantitative estimate of drug-likeness (QED) is 0.293. The fourth-order valence-corrected chi connectivity index (χ4v) is 5.61. The molecule has 11 heteroatoms. The van der Waals surface area contributed by atoms with Crippen LogP contribution in [0.2, 0.25) is 5.02 Å². The van der Waals surface area contributed by atoms with Crippen molar-refractivity contribution < 1.29 is 18.0 Å². The van der Waals surface area contributed by atoms with Gasteiger partial charge in [0.25, 0.3) is 5.91 Å². The highest BCUT2D eigenvalue weighted by Crippen LogP contribution is 2.27. The van der Waals surface area contributed by atoms with Gasteiger partial charge in [-0.25, -0.2) is 8.42 Å². The van der Waals surface area contributed by atoms with Crippen molar-refractivity contribution >= 4 is 55.7 Å². The van der Waals surface area contributed by atoms with E-state index in [-0.39, 0.29) is 11.8 Å². The third-order valence-corrected chi connectivity index (χ3v) is 7.71. The maximum Gasteiger partial charge on any atom is 0.268 e. The molecule has 0 saturated carbocycles. The number of carbonyl (C=O) groups is 2. The molecule has 4 aromatic rings. The molecule has 208 valence electrons. The maximum absolute atomic E-state index is 13.8. The number of nitrogens with zero attached hydrogens (tertiary/aromatic N) is 2. The molecule has 1 atom stereocenters. The predicted octanol–water partition coefficient (Wildman–Crippen LogP) is 3.88. The summed E-state index contributed by atoms with van der Waals surface area (Å²) in [5, 5.41) is 4.45. The van der Waals surface area contributed by atoms with Gasteiger partial charge in [-0.05, 0) is 42.0 Å². The number of nitrogens with one attached hydrogen (secondary N) is 3. The summed E-state index contributed by atoms with van der Waals surface area (Å²) >= 11 is 6.05. The van der Waals surface area contributed by atoms with E-state index < -0.39 is 16.1 Å². The minimum Gasteiger partial charge on any atom is -0.366 e. The Balaban J connectivity index is 1.31. The summed E-state index contributed by atoms with van der Waals surface area (Å²) in [4.78, 5) is 33.9. The zero-order valence-electron chi connectivity index (χ0n) is 21.9. The number of piperazine rings is 1. The first-order valence-corrected chi connectivity index (χ1v) is 15.2. The number of carbonyl (C=O) groups excluding carboxylic acids is 2. The Morgan fingerprint density at radius 2 is 1.62 bits per heavy atom. The molecule has 2 amide bonds. The van der Waals surface area contributed by atoms with E-state index >= 15 is 0 Å². The summed E-state index contributed by atoms with van der Waals surface area (Å²) in [7, 11) is -3.44.